The van der Waals surface area contributed by atoms with Gasteiger partial charge in [-0.1, -0.05) is 0 Å². The van der Waals surface area contributed by atoms with Gasteiger partial charge in [-0.25, -0.2) is 9.59 Å². The molecular weight excluding hydrogens is 384 g/mol. The third-order valence-corrected chi connectivity index (χ3v) is 4.67. The molecule has 2 atom stereocenters. The highest BCUT2D eigenvalue weighted by Crippen LogP contribution is 2.11. The first-order chi connectivity index (χ1) is 13.9. The second-order valence-corrected chi connectivity index (χ2v) is 10.2. The summed E-state index contributed by atoms with van der Waals surface area (Å²) < 4.78 is 10.3. The van der Waals surface area contributed by atoms with Gasteiger partial charge >= 0.3 is 12.2 Å². The van der Waals surface area contributed by atoms with Crippen molar-refractivity contribution in [2.24, 2.45) is 11.8 Å². The van der Waals surface area contributed by atoms with E-state index in [9.17, 15) is 9.59 Å². The quantitative estimate of drug-likeness (QED) is 0.549. The van der Waals surface area contributed by atoms with Crippen LogP contribution in [0.1, 0.15) is 67.2 Å². The molecule has 2 amide bonds. The highest BCUT2D eigenvalue weighted by molar-refractivity contribution is 5.67. The Morgan fingerprint density at radius 1 is 0.767 bits per heavy atom. The zero-order chi connectivity index (χ0) is 22.6. The molecule has 0 aromatic rings. The van der Waals surface area contributed by atoms with E-state index >= 15 is 0 Å². The van der Waals surface area contributed by atoms with Crippen molar-refractivity contribution < 1.29 is 19.1 Å². The lowest BCUT2D eigenvalue weighted by atomic mass is 10.00. The molecule has 4 N–H and O–H groups in total. The molecule has 0 aromatic carbocycles. The van der Waals surface area contributed by atoms with Gasteiger partial charge in [0.25, 0.3) is 0 Å². The standard InChI is InChI=1S/2C11H22N2O2/c2*1-11(2,3)15-10(14)13-8-9-5-4-6-12-7-9/h2*9,12H,4-8H2,1-3H3,(H,13,14)/t9-;/m1./s1. The van der Waals surface area contributed by atoms with Gasteiger partial charge in [-0.05, 0) is 105 Å². The summed E-state index contributed by atoms with van der Waals surface area (Å²) in [5.41, 5.74) is -0.816. The molecule has 2 aliphatic heterocycles. The lowest BCUT2D eigenvalue weighted by molar-refractivity contribution is 0.0505. The molecule has 0 aromatic heterocycles. The van der Waals surface area contributed by atoms with Crippen LogP contribution < -0.4 is 21.3 Å². The summed E-state index contributed by atoms with van der Waals surface area (Å²) in [7, 11) is 0. The molecule has 2 aliphatic rings. The van der Waals surface area contributed by atoms with Crippen molar-refractivity contribution in [2.45, 2.75) is 78.4 Å². The number of hydrogen-bond acceptors (Lipinski definition) is 6. The smallest absolute Gasteiger partial charge is 0.407 e. The molecule has 8 heteroatoms. The minimum Gasteiger partial charge on any atom is -0.444 e. The van der Waals surface area contributed by atoms with Crippen molar-refractivity contribution in [3.8, 4) is 0 Å². The first kappa shape index (κ1) is 26.5. The average molecular weight is 429 g/mol. The van der Waals surface area contributed by atoms with Gasteiger partial charge in [-0.15, -0.1) is 0 Å². The normalized spacial score (nSPS) is 22.2. The molecule has 0 saturated carbocycles. The molecule has 0 radical (unpaired) electrons. The lowest BCUT2D eigenvalue weighted by Crippen LogP contribution is -2.40. The van der Waals surface area contributed by atoms with E-state index in [0.29, 0.717) is 24.9 Å². The zero-order valence-corrected chi connectivity index (χ0v) is 19.9. The topological polar surface area (TPSA) is 101 Å². The van der Waals surface area contributed by atoms with Crippen LogP contribution in [0.25, 0.3) is 0 Å². The van der Waals surface area contributed by atoms with Gasteiger partial charge < -0.3 is 30.7 Å². The predicted molar refractivity (Wildman–Crippen MR) is 120 cm³/mol. The number of piperidine rings is 2. The van der Waals surface area contributed by atoms with Crippen molar-refractivity contribution >= 4 is 12.2 Å². The first-order valence-electron chi connectivity index (χ1n) is 11.3. The van der Waals surface area contributed by atoms with Crippen LogP contribution in [-0.4, -0.2) is 62.7 Å². The van der Waals surface area contributed by atoms with Gasteiger partial charge in [0.15, 0.2) is 0 Å². The van der Waals surface area contributed by atoms with E-state index in [-0.39, 0.29) is 12.2 Å². The number of nitrogens with one attached hydrogen (secondary N) is 4. The van der Waals surface area contributed by atoms with Gasteiger partial charge in [0, 0.05) is 13.1 Å². The molecule has 0 bridgehead atoms. The summed E-state index contributed by atoms with van der Waals surface area (Å²) in [5, 5.41) is 12.2. The van der Waals surface area contributed by atoms with Crippen LogP contribution in [0.4, 0.5) is 9.59 Å². The molecule has 2 saturated heterocycles. The van der Waals surface area contributed by atoms with Crippen molar-refractivity contribution in [1.29, 1.82) is 0 Å². The second-order valence-electron chi connectivity index (χ2n) is 10.2. The molecule has 2 fully saturated rings. The van der Waals surface area contributed by atoms with Crippen LogP contribution in [0.5, 0.6) is 0 Å². The minimum absolute atomic E-state index is 0.312. The lowest BCUT2D eigenvalue weighted by Gasteiger charge is -2.24. The third-order valence-electron chi connectivity index (χ3n) is 4.67. The van der Waals surface area contributed by atoms with Gasteiger partial charge in [-0.2, -0.15) is 0 Å². The number of hydrogen-bond donors (Lipinski definition) is 4. The fraction of sp³-hybridized carbons (Fsp3) is 0.909. The van der Waals surface area contributed by atoms with Gasteiger partial charge in [0.1, 0.15) is 11.2 Å². The fourth-order valence-corrected chi connectivity index (χ4v) is 3.28. The Morgan fingerprint density at radius 2 is 1.13 bits per heavy atom. The average Bonchev–Trinajstić information content (AvgIpc) is 2.64. The number of carbonyl (C=O) groups excluding carboxylic acids is 2. The largest absolute Gasteiger partial charge is 0.444 e. The zero-order valence-electron chi connectivity index (χ0n) is 19.9. The number of alkyl carbamates (subject to hydrolysis) is 2. The van der Waals surface area contributed by atoms with Crippen molar-refractivity contribution in [3.63, 3.8) is 0 Å². The van der Waals surface area contributed by atoms with Crippen molar-refractivity contribution in [3.05, 3.63) is 0 Å². The van der Waals surface area contributed by atoms with Gasteiger partial charge in [0.2, 0.25) is 0 Å². The van der Waals surface area contributed by atoms with E-state index in [1.807, 2.05) is 41.5 Å². The van der Waals surface area contributed by atoms with Crippen LogP contribution in [0, 0.1) is 11.8 Å². The number of rotatable bonds is 4. The van der Waals surface area contributed by atoms with E-state index in [4.69, 9.17) is 9.47 Å². The summed E-state index contributed by atoms with van der Waals surface area (Å²) in [6.07, 6.45) is 4.13. The Hall–Kier alpha value is -1.54. The molecule has 2 rings (SSSR count). The van der Waals surface area contributed by atoms with E-state index in [2.05, 4.69) is 21.3 Å². The Bertz CT molecular complexity index is 456. The van der Waals surface area contributed by atoms with Crippen molar-refractivity contribution in [2.75, 3.05) is 39.3 Å². The van der Waals surface area contributed by atoms with Crippen LogP contribution in [0.15, 0.2) is 0 Å². The molecule has 30 heavy (non-hydrogen) atoms. The Balaban J connectivity index is 0.000000300. The first-order valence-corrected chi connectivity index (χ1v) is 11.3. The minimum atomic E-state index is -0.408. The monoisotopic (exact) mass is 428 g/mol. The van der Waals surface area contributed by atoms with E-state index in [1.54, 1.807) is 0 Å². The summed E-state index contributed by atoms with van der Waals surface area (Å²) in [6.45, 7) is 16.8. The van der Waals surface area contributed by atoms with E-state index in [0.717, 1.165) is 26.2 Å². The third kappa shape index (κ3) is 14.4. The van der Waals surface area contributed by atoms with E-state index < -0.39 is 11.2 Å². The maximum Gasteiger partial charge on any atom is 0.407 e. The molecule has 8 nitrogen and oxygen atoms in total. The summed E-state index contributed by atoms with van der Waals surface area (Å²) in [6, 6.07) is 0. The molecule has 0 aliphatic carbocycles. The van der Waals surface area contributed by atoms with Crippen LogP contribution in [0.3, 0.4) is 0 Å². The number of amides is 2. The number of ether oxygens (including phenoxy) is 2. The van der Waals surface area contributed by atoms with Crippen molar-refractivity contribution in [1.82, 2.24) is 21.3 Å². The van der Waals surface area contributed by atoms with E-state index in [1.165, 1.54) is 25.7 Å². The molecule has 0 spiro atoms. The van der Waals surface area contributed by atoms with Crippen LogP contribution in [-0.2, 0) is 9.47 Å². The number of carbonyl (C=O) groups is 2. The molecule has 2 heterocycles. The Kier molecular flexibility index (Phi) is 11.5. The maximum absolute atomic E-state index is 11.3. The Labute approximate surface area is 182 Å². The maximum atomic E-state index is 11.3. The predicted octanol–water partition coefficient (Wildman–Crippen LogP) is 3.02. The second kappa shape index (κ2) is 13.0. The molecule has 1 unspecified atom stereocenters. The molecule has 176 valence electrons. The van der Waals surface area contributed by atoms with Crippen LogP contribution >= 0.6 is 0 Å². The highest BCUT2D eigenvalue weighted by Gasteiger charge is 2.19. The summed E-state index contributed by atoms with van der Waals surface area (Å²) in [4.78, 5) is 22.7. The van der Waals surface area contributed by atoms with Gasteiger partial charge in [0.05, 0.1) is 0 Å². The molecular formula is C22H44N4O4. The SMILES string of the molecule is CC(C)(C)OC(=O)NCC1CCCNC1.CC(C)(C)OC(=O)NC[C@@H]1CCCNC1. The summed E-state index contributed by atoms with van der Waals surface area (Å²) >= 11 is 0. The summed E-state index contributed by atoms with van der Waals surface area (Å²) in [5.74, 6) is 1.09. The van der Waals surface area contributed by atoms with Crippen LogP contribution in [0.2, 0.25) is 0 Å². The van der Waals surface area contributed by atoms with Gasteiger partial charge in [-0.3, -0.25) is 0 Å². The highest BCUT2D eigenvalue weighted by atomic mass is 16.6. The fourth-order valence-electron chi connectivity index (χ4n) is 3.28. The Morgan fingerprint density at radius 3 is 1.40 bits per heavy atom.